The molecular weight excluding hydrogens is 268 g/mol. The predicted molar refractivity (Wildman–Crippen MR) is 69.3 cm³/mol. The number of alkyl halides is 1. The average molecular weight is 281 g/mol. The van der Waals surface area contributed by atoms with Gasteiger partial charge in [0.15, 0.2) is 0 Å². The molecule has 1 aromatic heterocycles. The van der Waals surface area contributed by atoms with E-state index in [9.17, 15) is 4.79 Å². The summed E-state index contributed by atoms with van der Waals surface area (Å²) in [6.45, 7) is 3.85. The highest BCUT2D eigenvalue weighted by Crippen LogP contribution is 2.16. The van der Waals surface area contributed by atoms with Crippen LogP contribution in [0.3, 0.4) is 0 Å². The van der Waals surface area contributed by atoms with E-state index in [-0.39, 0.29) is 5.56 Å². The van der Waals surface area contributed by atoms with Crippen LogP contribution in [0.25, 0.3) is 10.9 Å². The van der Waals surface area contributed by atoms with Gasteiger partial charge in [-0.15, -0.1) is 0 Å². The van der Waals surface area contributed by atoms with Crippen LogP contribution in [-0.2, 0) is 6.42 Å². The molecule has 0 aliphatic carbocycles. The van der Waals surface area contributed by atoms with Crippen molar-refractivity contribution >= 4 is 26.8 Å². The highest BCUT2D eigenvalue weighted by Gasteiger charge is 2.05. The Morgan fingerprint density at radius 3 is 2.81 bits per heavy atom. The smallest absolute Gasteiger partial charge is 0.258 e. The second kappa shape index (κ2) is 4.37. The topological polar surface area (TPSA) is 45.8 Å². The number of nitrogens with zero attached hydrogens (tertiary/aromatic N) is 1. The molecule has 0 aliphatic heterocycles. The van der Waals surface area contributed by atoms with Crippen molar-refractivity contribution in [1.82, 2.24) is 9.97 Å². The van der Waals surface area contributed by atoms with Gasteiger partial charge in [-0.05, 0) is 43.5 Å². The number of halogens is 1. The van der Waals surface area contributed by atoms with Crippen LogP contribution in [0.2, 0.25) is 0 Å². The van der Waals surface area contributed by atoms with Crippen LogP contribution in [0, 0.1) is 13.8 Å². The summed E-state index contributed by atoms with van der Waals surface area (Å²) in [7, 11) is 0. The van der Waals surface area contributed by atoms with Crippen molar-refractivity contribution in [1.29, 1.82) is 0 Å². The summed E-state index contributed by atoms with van der Waals surface area (Å²) in [6.07, 6.45) is 0.926. The number of fused-ring (bicyclic) bond motifs is 1. The van der Waals surface area contributed by atoms with E-state index < -0.39 is 0 Å². The largest absolute Gasteiger partial charge is 0.310 e. The van der Waals surface area contributed by atoms with Gasteiger partial charge in [-0.2, -0.15) is 0 Å². The molecule has 0 aliphatic rings. The minimum atomic E-state index is -0.0571. The van der Waals surface area contributed by atoms with Crippen molar-refractivity contribution < 1.29 is 0 Å². The highest BCUT2D eigenvalue weighted by molar-refractivity contribution is 9.09. The number of nitrogens with one attached hydrogen (secondary N) is 1. The molecule has 4 heteroatoms. The maximum atomic E-state index is 11.8. The van der Waals surface area contributed by atoms with Gasteiger partial charge in [0.2, 0.25) is 0 Å². The van der Waals surface area contributed by atoms with E-state index in [1.54, 1.807) is 6.92 Å². The van der Waals surface area contributed by atoms with Crippen LogP contribution in [0.4, 0.5) is 0 Å². The van der Waals surface area contributed by atoms with Crippen LogP contribution < -0.4 is 5.56 Å². The third-order valence-corrected chi connectivity index (χ3v) is 3.04. The average Bonchev–Trinajstić information content (AvgIpc) is 2.20. The summed E-state index contributed by atoms with van der Waals surface area (Å²) in [4.78, 5) is 18.8. The van der Waals surface area contributed by atoms with Gasteiger partial charge >= 0.3 is 0 Å². The lowest BCUT2D eigenvalue weighted by molar-refractivity contribution is 1.05. The first kappa shape index (κ1) is 11.3. The Hall–Kier alpha value is -1.16. The third-order valence-electron chi connectivity index (χ3n) is 2.65. The normalized spacial score (nSPS) is 10.9. The van der Waals surface area contributed by atoms with Gasteiger partial charge in [0.25, 0.3) is 5.56 Å². The van der Waals surface area contributed by atoms with Crippen molar-refractivity contribution in [3.63, 3.8) is 0 Å². The molecule has 0 saturated heterocycles. The van der Waals surface area contributed by atoms with Gasteiger partial charge in [0, 0.05) is 5.33 Å². The number of aromatic amines is 1. The summed E-state index contributed by atoms with van der Waals surface area (Å²) in [5.41, 5.74) is 3.10. The van der Waals surface area contributed by atoms with Gasteiger partial charge < -0.3 is 4.98 Å². The first-order valence-corrected chi connectivity index (χ1v) is 6.30. The second-order valence-corrected chi connectivity index (χ2v) is 4.68. The quantitative estimate of drug-likeness (QED) is 0.859. The molecule has 1 N–H and O–H groups in total. The number of benzene rings is 1. The fourth-order valence-corrected chi connectivity index (χ4v) is 2.25. The first-order valence-electron chi connectivity index (χ1n) is 5.18. The molecule has 16 heavy (non-hydrogen) atoms. The molecule has 3 nitrogen and oxygen atoms in total. The van der Waals surface area contributed by atoms with Crippen LogP contribution in [0.5, 0.6) is 0 Å². The fourth-order valence-electron chi connectivity index (χ4n) is 1.82. The molecule has 0 radical (unpaired) electrons. The Morgan fingerprint density at radius 1 is 1.38 bits per heavy atom. The standard InChI is InChI=1S/C12H13BrN2O/c1-7-5-11-10(6-9(7)3-4-13)12(16)15-8(2)14-11/h5-6H,3-4H2,1-2H3,(H,14,15,16). The Bertz CT molecular complexity index is 589. The number of aryl methyl sites for hydroxylation is 3. The van der Waals surface area contributed by atoms with Crippen LogP contribution in [0.1, 0.15) is 17.0 Å². The second-order valence-electron chi connectivity index (χ2n) is 3.89. The Balaban J connectivity index is 2.74. The summed E-state index contributed by atoms with van der Waals surface area (Å²) in [5.74, 6) is 0.658. The minimum absolute atomic E-state index is 0.0571. The number of hydrogen-bond acceptors (Lipinski definition) is 2. The van der Waals surface area contributed by atoms with E-state index in [1.807, 2.05) is 12.1 Å². The number of rotatable bonds is 2. The van der Waals surface area contributed by atoms with Crippen LogP contribution in [0.15, 0.2) is 16.9 Å². The van der Waals surface area contributed by atoms with Crippen molar-refractivity contribution in [2.45, 2.75) is 20.3 Å². The van der Waals surface area contributed by atoms with Gasteiger partial charge in [-0.3, -0.25) is 4.79 Å². The van der Waals surface area contributed by atoms with Crippen molar-refractivity contribution in [2.24, 2.45) is 0 Å². The lowest BCUT2D eigenvalue weighted by atomic mass is 10.0. The molecular formula is C12H13BrN2O. The van der Waals surface area contributed by atoms with Gasteiger partial charge in [-0.25, -0.2) is 4.98 Å². The molecule has 0 amide bonds. The van der Waals surface area contributed by atoms with Crippen LogP contribution >= 0.6 is 15.9 Å². The number of aromatic nitrogens is 2. The van der Waals surface area contributed by atoms with Crippen molar-refractivity contribution in [3.8, 4) is 0 Å². The molecule has 0 spiro atoms. The highest BCUT2D eigenvalue weighted by atomic mass is 79.9. The summed E-state index contributed by atoms with van der Waals surface area (Å²) < 4.78 is 0. The van der Waals surface area contributed by atoms with Gasteiger partial charge in [-0.1, -0.05) is 15.9 Å². The third kappa shape index (κ3) is 2.02. The first-order chi connectivity index (χ1) is 7.61. The van der Waals surface area contributed by atoms with E-state index in [1.165, 1.54) is 11.1 Å². The molecule has 1 aromatic carbocycles. The molecule has 0 saturated carbocycles. The Kier molecular flexibility index (Phi) is 3.10. The zero-order valence-electron chi connectivity index (χ0n) is 9.30. The molecule has 1 heterocycles. The molecule has 0 atom stereocenters. The fraction of sp³-hybridized carbons (Fsp3) is 0.333. The van der Waals surface area contributed by atoms with E-state index in [2.05, 4.69) is 32.8 Å². The number of H-pyrrole nitrogens is 1. The molecule has 0 bridgehead atoms. The predicted octanol–water partition coefficient (Wildman–Crippen LogP) is 2.48. The van der Waals surface area contributed by atoms with E-state index in [0.29, 0.717) is 11.2 Å². The van der Waals surface area contributed by atoms with Crippen molar-refractivity contribution in [2.75, 3.05) is 5.33 Å². The van der Waals surface area contributed by atoms with Crippen LogP contribution in [-0.4, -0.2) is 15.3 Å². The summed E-state index contributed by atoms with van der Waals surface area (Å²) in [5, 5.41) is 1.57. The molecule has 0 unspecified atom stereocenters. The van der Waals surface area contributed by atoms with E-state index in [4.69, 9.17) is 0 Å². The molecule has 84 valence electrons. The lowest BCUT2D eigenvalue weighted by Gasteiger charge is -2.06. The number of hydrogen-bond donors (Lipinski definition) is 1. The zero-order chi connectivity index (χ0) is 11.7. The maximum Gasteiger partial charge on any atom is 0.258 e. The lowest BCUT2D eigenvalue weighted by Crippen LogP contribution is -2.10. The molecule has 2 rings (SSSR count). The Morgan fingerprint density at radius 2 is 2.12 bits per heavy atom. The monoisotopic (exact) mass is 280 g/mol. The van der Waals surface area contributed by atoms with E-state index >= 15 is 0 Å². The molecule has 2 aromatic rings. The van der Waals surface area contributed by atoms with Gasteiger partial charge in [0.1, 0.15) is 5.82 Å². The van der Waals surface area contributed by atoms with E-state index in [0.717, 1.165) is 17.3 Å². The SMILES string of the molecule is Cc1nc2cc(C)c(CCBr)cc2c(=O)[nH]1. The summed E-state index contributed by atoms with van der Waals surface area (Å²) >= 11 is 3.41. The van der Waals surface area contributed by atoms with Crippen molar-refractivity contribution in [3.05, 3.63) is 39.4 Å². The molecule has 0 fully saturated rings. The van der Waals surface area contributed by atoms with Gasteiger partial charge in [0.05, 0.1) is 10.9 Å². The minimum Gasteiger partial charge on any atom is -0.310 e. The zero-order valence-corrected chi connectivity index (χ0v) is 10.9. The summed E-state index contributed by atoms with van der Waals surface area (Å²) in [6, 6.07) is 3.92. The maximum absolute atomic E-state index is 11.8. The Labute approximate surface area is 102 Å².